The Morgan fingerprint density at radius 3 is 2.75 bits per heavy atom. The summed E-state index contributed by atoms with van der Waals surface area (Å²) in [5.41, 5.74) is 0.918. The first-order valence-corrected chi connectivity index (χ1v) is 9.69. The summed E-state index contributed by atoms with van der Waals surface area (Å²) in [4.78, 5) is 8.62. The molecule has 2 N–H and O–H groups in total. The minimum atomic E-state index is -0.710. The Labute approximate surface area is 164 Å². The number of aryl methyl sites for hydroxylation is 2. The highest BCUT2D eigenvalue weighted by molar-refractivity contribution is 14.0. The Morgan fingerprint density at radius 2 is 2.17 bits per heavy atom. The molecule has 8 heteroatoms. The second-order valence-electron chi connectivity index (χ2n) is 5.97. The van der Waals surface area contributed by atoms with Gasteiger partial charge in [0, 0.05) is 34.9 Å². The highest BCUT2D eigenvalue weighted by atomic mass is 127. The highest BCUT2D eigenvalue weighted by Gasteiger charge is 2.26. The maximum absolute atomic E-state index is 12.0. The molecule has 1 aromatic heterocycles. The third-order valence-electron chi connectivity index (χ3n) is 4.33. The lowest BCUT2D eigenvalue weighted by atomic mass is 9.95. The molecule has 1 aromatic rings. The van der Waals surface area contributed by atoms with Crippen LogP contribution in [0.4, 0.5) is 0 Å². The van der Waals surface area contributed by atoms with Gasteiger partial charge >= 0.3 is 0 Å². The fourth-order valence-corrected chi connectivity index (χ4v) is 4.26. The van der Waals surface area contributed by atoms with E-state index >= 15 is 0 Å². The predicted octanol–water partition coefficient (Wildman–Crippen LogP) is 2.65. The molecule has 3 atom stereocenters. The maximum atomic E-state index is 12.0. The third-order valence-corrected chi connectivity index (χ3v) is 6.07. The first kappa shape index (κ1) is 21.4. The van der Waals surface area contributed by atoms with Crippen LogP contribution in [0.3, 0.4) is 0 Å². The lowest BCUT2D eigenvalue weighted by Gasteiger charge is -2.30. The van der Waals surface area contributed by atoms with Gasteiger partial charge in [-0.05, 0) is 33.1 Å². The topological polar surface area (TPSA) is 79.5 Å². The summed E-state index contributed by atoms with van der Waals surface area (Å²) in [5, 5.41) is 6.99. The van der Waals surface area contributed by atoms with E-state index < -0.39 is 10.8 Å². The van der Waals surface area contributed by atoms with Crippen molar-refractivity contribution in [2.24, 2.45) is 4.99 Å². The van der Waals surface area contributed by atoms with E-state index in [1.807, 2.05) is 20.8 Å². The molecule has 0 aromatic carbocycles. The van der Waals surface area contributed by atoms with Crippen LogP contribution in [0.5, 0.6) is 0 Å². The van der Waals surface area contributed by atoms with Gasteiger partial charge in [0.2, 0.25) is 5.89 Å². The molecule has 1 saturated carbocycles. The van der Waals surface area contributed by atoms with E-state index in [1.165, 1.54) is 0 Å². The molecule has 0 radical (unpaired) electrons. The van der Waals surface area contributed by atoms with Crippen LogP contribution >= 0.6 is 24.0 Å². The molecular weight excluding hydrogens is 439 g/mol. The summed E-state index contributed by atoms with van der Waals surface area (Å²) >= 11 is 0. The molecule has 1 heterocycles. The minimum absolute atomic E-state index is 0. The number of oxazole rings is 1. The zero-order chi connectivity index (χ0) is 16.8. The third kappa shape index (κ3) is 6.02. The molecule has 138 valence electrons. The van der Waals surface area contributed by atoms with Gasteiger partial charge in [-0.1, -0.05) is 13.3 Å². The summed E-state index contributed by atoms with van der Waals surface area (Å²) in [6.07, 6.45) is 4.22. The van der Waals surface area contributed by atoms with E-state index in [2.05, 4.69) is 20.6 Å². The van der Waals surface area contributed by atoms with E-state index in [9.17, 15) is 4.21 Å². The molecule has 0 bridgehead atoms. The number of hydrogen-bond acceptors (Lipinski definition) is 4. The van der Waals surface area contributed by atoms with Gasteiger partial charge in [0.1, 0.15) is 5.76 Å². The Kier molecular flexibility index (Phi) is 9.25. The predicted molar refractivity (Wildman–Crippen MR) is 109 cm³/mol. The number of halogens is 1. The molecule has 2 rings (SSSR count). The summed E-state index contributed by atoms with van der Waals surface area (Å²) in [6.45, 7) is 6.35. The van der Waals surface area contributed by atoms with E-state index in [-0.39, 0.29) is 24.0 Å². The van der Waals surface area contributed by atoms with Crippen molar-refractivity contribution in [1.29, 1.82) is 0 Å². The molecule has 0 aliphatic heterocycles. The van der Waals surface area contributed by atoms with Crippen LogP contribution in [0.2, 0.25) is 0 Å². The van der Waals surface area contributed by atoms with Crippen LogP contribution < -0.4 is 10.6 Å². The molecule has 6 nitrogen and oxygen atoms in total. The standard InChI is InChI=1S/C16H28N4O2S.HI/c1-5-23(21)14-8-6-7-13(9-14)20-16(17-4)18-10-15-19-11(2)12(3)22-15;/h13-14H,5-10H2,1-4H3,(H2,17,18,20);1H. The second kappa shape index (κ2) is 10.4. The fraction of sp³-hybridized carbons (Fsp3) is 0.750. The van der Waals surface area contributed by atoms with Gasteiger partial charge in [-0.3, -0.25) is 9.20 Å². The van der Waals surface area contributed by atoms with Gasteiger partial charge in [0.25, 0.3) is 0 Å². The van der Waals surface area contributed by atoms with Gasteiger partial charge in [0.05, 0.1) is 12.2 Å². The average Bonchev–Trinajstić information content (AvgIpc) is 2.89. The lowest BCUT2D eigenvalue weighted by molar-refractivity contribution is 0.411. The number of nitrogens with zero attached hydrogens (tertiary/aromatic N) is 2. The number of aromatic nitrogens is 1. The molecule has 1 fully saturated rings. The molecule has 1 aliphatic rings. The van der Waals surface area contributed by atoms with E-state index in [4.69, 9.17) is 4.42 Å². The summed E-state index contributed by atoms with van der Waals surface area (Å²) in [5.74, 6) is 3.00. The van der Waals surface area contributed by atoms with Crippen molar-refractivity contribution in [3.63, 3.8) is 0 Å². The number of nitrogens with one attached hydrogen (secondary N) is 2. The van der Waals surface area contributed by atoms with E-state index in [1.54, 1.807) is 7.05 Å². The number of hydrogen-bond donors (Lipinski definition) is 2. The van der Waals surface area contributed by atoms with Crippen molar-refractivity contribution in [2.45, 2.75) is 64.3 Å². The van der Waals surface area contributed by atoms with Crippen LogP contribution in [0, 0.1) is 13.8 Å². The van der Waals surface area contributed by atoms with Crippen molar-refractivity contribution < 1.29 is 8.63 Å². The summed E-state index contributed by atoms with van der Waals surface area (Å²) in [6, 6.07) is 0.323. The van der Waals surface area contributed by atoms with Gasteiger partial charge < -0.3 is 15.1 Å². The van der Waals surface area contributed by atoms with Gasteiger partial charge in [-0.25, -0.2) is 4.98 Å². The molecule has 0 saturated heterocycles. The number of rotatable bonds is 5. The fourth-order valence-electron chi connectivity index (χ4n) is 2.91. The van der Waals surface area contributed by atoms with Crippen molar-refractivity contribution in [2.75, 3.05) is 12.8 Å². The van der Waals surface area contributed by atoms with Crippen LogP contribution in [0.25, 0.3) is 0 Å². The van der Waals surface area contributed by atoms with Gasteiger partial charge in [-0.15, -0.1) is 24.0 Å². The Morgan fingerprint density at radius 1 is 1.42 bits per heavy atom. The molecule has 3 unspecified atom stereocenters. The van der Waals surface area contributed by atoms with E-state index in [0.717, 1.165) is 48.8 Å². The van der Waals surface area contributed by atoms with Crippen molar-refractivity contribution in [1.82, 2.24) is 15.6 Å². The molecule has 1 aliphatic carbocycles. The highest BCUT2D eigenvalue weighted by Crippen LogP contribution is 2.23. The smallest absolute Gasteiger partial charge is 0.214 e. The Hall–Kier alpha value is -0.640. The van der Waals surface area contributed by atoms with Crippen LogP contribution in [-0.4, -0.2) is 39.2 Å². The lowest BCUT2D eigenvalue weighted by Crippen LogP contribution is -2.46. The SMILES string of the molecule is CCS(=O)C1CCCC(NC(=NC)NCc2nc(C)c(C)o2)C1.I. The largest absolute Gasteiger partial charge is 0.444 e. The van der Waals surface area contributed by atoms with Crippen molar-refractivity contribution in [3.8, 4) is 0 Å². The van der Waals surface area contributed by atoms with Gasteiger partial charge in [0.15, 0.2) is 5.96 Å². The van der Waals surface area contributed by atoms with Crippen LogP contribution in [0.1, 0.15) is 50.0 Å². The number of guanidine groups is 1. The summed E-state index contributed by atoms with van der Waals surface area (Å²) < 4.78 is 17.6. The molecule has 0 amide bonds. The maximum Gasteiger partial charge on any atom is 0.214 e. The minimum Gasteiger partial charge on any atom is -0.444 e. The first-order chi connectivity index (χ1) is 11.0. The molecular formula is C16H29IN4O2S. The molecule has 0 spiro atoms. The quantitative estimate of drug-likeness (QED) is 0.395. The average molecular weight is 468 g/mol. The Bertz CT molecular complexity index is 557. The van der Waals surface area contributed by atoms with Crippen LogP contribution in [-0.2, 0) is 17.3 Å². The zero-order valence-electron chi connectivity index (χ0n) is 14.9. The van der Waals surface area contributed by atoms with Gasteiger partial charge in [-0.2, -0.15) is 0 Å². The zero-order valence-corrected chi connectivity index (χ0v) is 18.1. The second-order valence-corrected chi connectivity index (χ2v) is 7.98. The van der Waals surface area contributed by atoms with Crippen molar-refractivity contribution in [3.05, 3.63) is 17.3 Å². The number of aliphatic imine (C=N–C) groups is 1. The first-order valence-electron chi connectivity index (χ1n) is 8.30. The monoisotopic (exact) mass is 468 g/mol. The summed E-state index contributed by atoms with van der Waals surface area (Å²) in [7, 11) is 1.05. The van der Waals surface area contributed by atoms with Crippen molar-refractivity contribution >= 4 is 40.7 Å². The molecule has 24 heavy (non-hydrogen) atoms. The Balaban J connectivity index is 0.00000288. The normalized spacial score (nSPS) is 22.6. The van der Waals surface area contributed by atoms with E-state index in [0.29, 0.717) is 23.7 Å². The van der Waals surface area contributed by atoms with Crippen LogP contribution in [0.15, 0.2) is 9.41 Å².